The van der Waals surface area contributed by atoms with Crippen molar-refractivity contribution in [1.82, 2.24) is 0 Å². The van der Waals surface area contributed by atoms with Gasteiger partial charge >= 0.3 is 0 Å². The van der Waals surface area contributed by atoms with Crippen molar-refractivity contribution in [2.45, 2.75) is 51.2 Å². The lowest BCUT2D eigenvalue weighted by atomic mass is 9.54. The molecule has 1 heterocycles. The Kier molecular flexibility index (Phi) is 5.45. The number of carbonyl (C=O) groups is 1. The van der Waals surface area contributed by atoms with Gasteiger partial charge in [0.25, 0.3) is 0 Å². The van der Waals surface area contributed by atoms with Gasteiger partial charge in [-0.3, -0.25) is 4.79 Å². The highest BCUT2D eigenvalue weighted by Gasteiger charge is 2.59. The molecule has 1 aliphatic heterocycles. The van der Waals surface area contributed by atoms with Gasteiger partial charge < -0.3 is 18.9 Å². The van der Waals surface area contributed by atoms with Crippen LogP contribution in [0.25, 0.3) is 0 Å². The maximum absolute atomic E-state index is 12.8. The Hall–Kier alpha value is -0.750. The molecule has 0 radical (unpaired) electrons. The van der Waals surface area contributed by atoms with Crippen molar-refractivity contribution in [3.05, 3.63) is 12.2 Å². The number of allylic oxidation sites excluding steroid dienone is 1. The fourth-order valence-corrected chi connectivity index (χ4v) is 4.95. The molecule has 5 heteroatoms. The van der Waals surface area contributed by atoms with Crippen molar-refractivity contribution >= 4 is 5.78 Å². The average Bonchev–Trinajstić information content (AvgIpc) is 3.01. The molecule has 0 unspecified atom stereocenters. The van der Waals surface area contributed by atoms with E-state index in [9.17, 15) is 4.79 Å². The fourth-order valence-electron chi connectivity index (χ4n) is 4.95. The van der Waals surface area contributed by atoms with Crippen LogP contribution in [0.4, 0.5) is 0 Å². The molecule has 0 amide bonds. The second-order valence-corrected chi connectivity index (χ2v) is 7.51. The van der Waals surface area contributed by atoms with Crippen molar-refractivity contribution < 1.29 is 23.7 Å². The first-order chi connectivity index (χ1) is 11.5. The zero-order valence-corrected chi connectivity index (χ0v) is 15.0. The highest BCUT2D eigenvalue weighted by molar-refractivity contribution is 5.82. The number of methoxy groups -OCH3 is 1. The quantitative estimate of drug-likeness (QED) is 0.438. The Morgan fingerprint density at radius 3 is 2.71 bits per heavy atom. The summed E-state index contributed by atoms with van der Waals surface area (Å²) in [5.41, 5.74) is 1.19. The Morgan fingerprint density at radius 1 is 1.25 bits per heavy atom. The number of ketones is 1. The second-order valence-electron chi connectivity index (χ2n) is 7.51. The number of fused-ring (bicyclic) bond motifs is 3. The molecule has 0 aromatic heterocycles. The first-order valence-corrected chi connectivity index (χ1v) is 9.10. The van der Waals surface area contributed by atoms with Crippen LogP contribution in [-0.2, 0) is 23.7 Å². The van der Waals surface area contributed by atoms with Crippen LogP contribution in [0.5, 0.6) is 0 Å². The van der Waals surface area contributed by atoms with Crippen LogP contribution in [0.2, 0.25) is 0 Å². The van der Waals surface area contributed by atoms with E-state index in [2.05, 4.69) is 13.5 Å². The largest absolute Gasteiger partial charge is 0.359 e. The van der Waals surface area contributed by atoms with Gasteiger partial charge in [-0.1, -0.05) is 19.1 Å². The van der Waals surface area contributed by atoms with E-state index in [-0.39, 0.29) is 11.3 Å². The van der Waals surface area contributed by atoms with Crippen molar-refractivity contribution in [3.8, 4) is 0 Å². The number of Topliss-reactive ketones (excluding diaryl/α,β-unsaturated/α-hetero) is 1. The van der Waals surface area contributed by atoms with Crippen molar-refractivity contribution in [1.29, 1.82) is 0 Å². The number of hydrogen-bond donors (Lipinski definition) is 0. The fraction of sp³-hybridized carbons (Fsp3) is 0.842. The van der Waals surface area contributed by atoms with Crippen molar-refractivity contribution in [3.63, 3.8) is 0 Å². The first kappa shape index (κ1) is 18.1. The maximum atomic E-state index is 12.8. The van der Waals surface area contributed by atoms with E-state index in [1.165, 1.54) is 5.57 Å². The predicted octanol–water partition coefficient (Wildman–Crippen LogP) is 3.08. The smallest absolute Gasteiger partial charge is 0.178 e. The lowest BCUT2D eigenvalue weighted by Crippen LogP contribution is -2.55. The van der Waals surface area contributed by atoms with Gasteiger partial charge in [-0.15, -0.1) is 0 Å². The topological polar surface area (TPSA) is 54.0 Å². The summed E-state index contributed by atoms with van der Waals surface area (Å²) in [6, 6.07) is 0. The normalized spacial score (nSPS) is 35.9. The Morgan fingerprint density at radius 2 is 2.00 bits per heavy atom. The Balaban J connectivity index is 1.86. The second kappa shape index (κ2) is 7.24. The van der Waals surface area contributed by atoms with E-state index in [0.29, 0.717) is 44.7 Å². The minimum atomic E-state index is -0.703. The van der Waals surface area contributed by atoms with Gasteiger partial charge in [-0.05, 0) is 37.0 Å². The van der Waals surface area contributed by atoms with Crippen LogP contribution in [-0.4, -0.2) is 45.3 Å². The summed E-state index contributed by atoms with van der Waals surface area (Å²) in [5.74, 6) is -0.254. The molecule has 0 N–H and O–H groups in total. The van der Waals surface area contributed by atoms with Gasteiger partial charge in [0.05, 0.1) is 25.7 Å². The summed E-state index contributed by atoms with van der Waals surface area (Å²) in [6.45, 7) is 8.75. The van der Waals surface area contributed by atoms with Crippen LogP contribution in [0, 0.1) is 17.3 Å². The average molecular weight is 338 g/mol. The third-order valence-electron chi connectivity index (χ3n) is 6.30. The summed E-state index contributed by atoms with van der Waals surface area (Å²) in [6.07, 6.45) is 4.79. The van der Waals surface area contributed by atoms with Crippen LogP contribution < -0.4 is 0 Å². The number of ether oxygens (including phenoxy) is 4. The summed E-state index contributed by atoms with van der Waals surface area (Å²) >= 11 is 0. The van der Waals surface area contributed by atoms with Crippen LogP contribution >= 0.6 is 0 Å². The third-order valence-corrected chi connectivity index (χ3v) is 6.30. The Labute approximate surface area is 144 Å². The SMILES string of the molecule is C=C1CCCC(=O)[C@@H]2C[C@@]1(CCOCOC)[C@@H](C)CC21OCCO1. The van der Waals surface area contributed by atoms with Crippen LogP contribution in [0.3, 0.4) is 0 Å². The summed E-state index contributed by atoms with van der Waals surface area (Å²) in [5, 5.41) is 0. The van der Waals surface area contributed by atoms with E-state index < -0.39 is 5.79 Å². The zero-order valence-electron chi connectivity index (χ0n) is 15.0. The van der Waals surface area contributed by atoms with Gasteiger partial charge in [0.15, 0.2) is 5.79 Å². The molecule has 3 atom stereocenters. The standard InChI is InChI=1S/C19H30O5/c1-14-5-4-6-17(20)16-12-18(14,7-8-22-13-21-3)15(2)11-19(16)23-9-10-24-19/h15-16H,1,4-13H2,2-3H3/t15-,16-,18+/m0/s1. The van der Waals surface area contributed by atoms with Gasteiger partial charge in [0.2, 0.25) is 0 Å². The maximum Gasteiger partial charge on any atom is 0.178 e. The molecule has 2 aliphatic carbocycles. The lowest BCUT2D eigenvalue weighted by molar-refractivity contribution is -0.236. The minimum absolute atomic E-state index is 0.0744. The van der Waals surface area contributed by atoms with Gasteiger partial charge in [-0.25, -0.2) is 0 Å². The Bertz CT molecular complexity index is 482. The molecular formula is C19H30O5. The van der Waals surface area contributed by atoms with E-state index in [0.717, 1.165) is 32.1 Å². The monoisotopic (exact) mass is 338 g/mol. The van der Waals surface area contributed by atoms with Crippen LogP contribution in [0.1, 0.15) is 45.4 Å². The number of rotatable bonds is 5. The van der Waals surface area contributed by atoms with Crippen molar-refractivity contribution in [2.75, 3.05) is 33.7 Å². The molecule has 5 nitrogen and oxygen atoms in total. The minimum Gasteiger partial charge on any atom is -0.359 e. The van der Waals surface area contributed by atoms with Crippen molar-refractivity contribution in [2.24, 2.45) is 17.3 Å². The highest BCUT2D eigenvalue weighted by atomic mass is 16.7. The molecule has 24 heavy (non-hydrogen) atoms. The predicted molar refractivity (Wildman–Crippen MR) is 89.4 cm³/mol. The van der Waals surface area contributed by atoms with E-state index in [4.69, 9.17) is 18.9 Å². The first-order valence-electron chi connectivity index (χ1n) is 9.10. The molecule has 2 saturated carbocycles. The van der Waals surface area contributed by atoms with E-state index >= 15 is 0 Å². The van der Waals surface area contributed by atoms with E-state index in [1.54, 1.807) is 7.11 Å². The highest BCUT2D eigenvalue weighted by Crippen LogP contribution is 2.58. The molecule has 1 spiro atoms. The summed E-state index contributed by atoms with van der Waals surface area (Å²) in [7, 11) is 1.63. The zero-order chi connectivity index (χ0) is 17.2. The van der Waals surface area contributed by atoms with Gasteiger partial charge in [-0.2, -0.15) is 0 Å². The molecule has 3 rings (SSSR count). The molecule has 0 aromatic rings. The lowest BCUT2D eigenvalue weighted by Gasteiger charge is -2.54. The molecule has 2 bridgehead atoms. The molecule has 136 valence electrons. The van der Waals surface area contributed by atoms with Gasteiger partial charge in [0.1, 0.15) is 12.6 Å². The molecular weight excluding hydrogens is 308 g/mol. The molecule has 1 saturated heterocycles. The number of hydrogen-bond acceptors (Lipinski definition) is 5. The summed E-state index contributed by atoms with van der Waals surface area (Å²) < 4.78 is 22.6. The molecule has 3 fully saturated rings. The van der Waals surface area contributed by atoms with Gasteiger partial charge in [0, 0.05) is 20.0 Å². The summed E-state index contributed by atoms with van der Waals surface area (Å²) in [4.78, 5) is 12.8. The third kappa shape index (κ3) is 3.07. The molecule has 3 aliphatic rings. The van der Waals surface area contributed by atoms with E-state index in [1.807, 2.05) is 0 Å². The van der Waals surface area contributed by atoms with Crippen LogP contribution in [0.15, 0.2) is 12.2 Å². The number of carbonyl (C=O) groups excluding carboxylic acids is 1. The molecule has 0 aromatic carbocycles.